The molecule has 0 amide bonds. The number of benzene rings is 1. The molecule has 9 heteroatoms. The second-order valence-corrected chi connectivity index (χ2v) is 6.78. The molecule has 0 saturated carbocycles. The first-order valence-corrected chi connectivity index (χ1v) is 7.81. The van der Waals surface area contributed by atoms with Gasteiger partial charge in [-0.3, -0.25) is 9.71 Å². The van der Waals surface area contributed by atoms with Gasteiger partial charge in [-0.15, -0.1) is 10.2 Å². The summed E-state index contributed by atoms with van der Waals surface area (Å²) in [6.07, 6.45) is 3.26. The molecule has 0 spiro atoms. The van der Waals surface area contributed by atoms with E-state index in [0.717, 1.165) is 22.1 Å². The number of nitrogens with zero attached hydrogens (tertiary/aromatic N) is 3. The number of sulfonamides is 1. The topological polar surface area (TPSA) is 111 Å². The fraction of sp³-hybridized carbons (Fsp3) is 0. The number of aromatic nitrogens is 3. The molecular formula is C11H9N5O2S2. The molecule has 0 aliphatic rings. The number of rotatable bonds is 3. The molecule has 0 fully saturated rings. The van der Waals surface area contributed by atoms with E-state index in [1.54, 1.807) is 30.6 Å². The number of anilines is 2. The molecule has 2 aromatic heterocycles. The number of pyridine rings is 1. The maximum Gasteiger partial charge on any atom is 0.291 e. The van der Waals surface area contributed by atoms with Gasteiger partial charge in [0.25, 0.3) is 14.4 Å². The molecule has 0 saturated heterocycles. The van der Waals surface area contributed by atoms with Crippen LogP contribution in [-0.4, -0.2) is 23.6 Å². The first-order chi connectivity index (χ1) is 9.56. The molecule has 3 aromatic rings. The minimum atomic E-state index is -3.79. The Hall–Kier alpha value is -2.26. The number of nitrogens with two attached hydrogens (primary N) is 1. The molecule has 0 bridgehead atoms. The molecule has 0 unspecified atom stereocenters. The van der Waals surface area contributed by atoms with Gasteiger partial charge in [-0.25, -0.2) is 0 Å². The van der Waals surface area contributed by atoms with Gasteiger partial charge >= 0.3 is 0 Å². The van der Waals surface area contributed by atoms with E-state index in [-0.39, 0.29) is 9.47 Å². The van der Waals surface area contributed by atoms with Crippen molar-refractivity contribution in [1.29, 1.82) is 0 Å². The number of nitrogen functional groups attached to an aromatic ring is 1. The Morgan fingerprint density at radius 3 is 2.80 bits per heavy atom. The van der Waals surface area contributed by atoms with Crippen molar-refractivity contribution in [2.45, 2.75) is 4.34 Å². The molecule has 3 N–H and O–H groups in total. The largest absolute Gasteiger partial charge is 0.374 e. The zero-order valence-corrected chi connectivity index (χ0v) is 11.6. The van der Waals surface area contributed by atoms with E-state index in [1.807, 2.05) is 6.07 Å². The van der Waals surface area contributed by atoms with Crippen molar-refractivity contribution < 1.29 is 8.42 Å². The van der Waals surface area contributed by atoms with Crippen LogP contribution in [0, 0.1) is 0 Å². The molecule has 0 radical (unpaired) electrons. The van der Waals surface area contributed by atoms with Crippen LogP contribution in [0.1, 0.15) is 0 Å². The van der Waals surface area contributed by atoms with Gasteiger partial charge < -0.3 is 5.73 Å². The van der Waals surface area contributed by atoms with Gasteiger partial charge in [0.15, 0.2) is 0 Å². The van der Waals surface area contributed by atoms with Gasteiger partial charge in [0.05, 0.1) is 5.69 Å². The lowest BCUT2D eigenvalue weighted by Gasteiger charge is -2.08. The maximum atomic E-state index is 12.2. The van der Waals surface area contributed by atoms with Gasteiger partial charge in [0.2, 0.25) is 5.13 Å². The van der Waals surface area contributed by atoms with E-state index in [4.69, 9.17) is 5.73 Å². The Bertz CT molecular complexity index is 870. The Labute approximate surface area is 118 Å². The zero-order chi connectivity index (χ0) is 14.2. The molecule has 7 nitrogen and oxygen atoms in total. The lowest BCUT2D eigenvalue weighted by Crippen LogP contribution is -2.13. The van der Waals surface area contributed by atoms with Crippen LogP contribution >= 0.6 is 11.3 Å². The van der Waals surface area contributed by atoms with Crippen LogP contribution in [0.15, 0.2) is 41.0 Å². The SMILES string of the molecule is Nc1nnc(S(=O)(=O)Nc2cccc3cnccc23)s1. The minimum Gasteiger partial charge on any atom is -0.374 e. The summed E-state index contributed by atoms with van der Waals surface area (Å²) < 4.78 is 26.7. The van der Waals surface area contributed by atoms with E-state index in [1.165, 1.54) is 0 Å². The highest BCUT2D eigenvalue weighted by Gasteiger charge is 2.20. The van der Waals surface area contributed by atoms with Crippen molar-refractivity contribution in [3.05, 3.63) is 36.7 Å². The third kappa shape index (κ3) is 2.28. The Balaban J connectivity index is 2.05. The van der Waals surface area contributed by atoms with E-state index in [0.29, 0.717) is 5.69 Å². The molecule has 0 aliphatic heterocycles. The van der Waals surface area contributed by atoms with Crippen LogP contribution < -0.4 is 10.5 Å². The maximum absolute atomic E-state index is 12.2. The van der Waals surface area contributed by atoms with Crippen molar-refractivity contribution in [2.24, 2.45) is 0 Å². The molecule has 0 atom stereocenters. The number of hydrogen-bond acceptors (Lipinski definition) is 7. The Morgan fingerprint density at radius 2 is 2.05 bits per heavy atom. The first kappa shape index (κ1) is 12.8. The van der Waals surface area contributed by atoms with Gasteiger partial charge in [-0.1, -0.05) is 23.5 Å². The summed E-state index contributed by atoms with van der Waals surface area (Å²) in [5, 5.41) is 8.74. The summed E-state index contributed by atoms with van der Waals surface area (Å²) in [5.74, 6) is 0. The van der Waals surface area contributed by atoms with Gasteiger partial charge in [0, 0.05) is 23.2 Å². The summed E-state index contributed by atoms with van der Waals surface area (Å²) >= 11 is 0.812. The molecule has 2 heterocycles. The molecular weight excluding hydrogens is 298 g/mol. The average Bonchev–Trinajstić information content (AvgIpc) is 2.86. The van der Waals surface area contributed by atoms with Gasteiger partial charge in [-0.05, 0) is 12.1 Å². The van der Waals surface area contributed by atoms with Crippen molar-refractivity contribution in [3.8, 4) is 0 Å². The molecule has 3 rings (SSSR count). The normalized spacial score (nSPS) is 11.6. The van der Waals surface area contributed by atoms with E-state index >= 15 is 0 Å². The Morgan fingerprint density at radius 1 is 1.20 bits per heavy atom. The third-order valence-electron chi connectivity index (χ3n) is 2.58. The van der Waals surface area contributed by atoms with Crippen LogP contribution in [0.3, 0.4) is 0 Å². The van der Waals surface area contributed by atoms with Gasteiger partial charge in [-0.2, -0.15) is 8.42 Å². The smallest absolute Gasteiger partial charge is 0.291 e. The second kappa shape index (κ2) is 4.69. The summed E-state index contributed by atoms with van der Waals surface area (Å²) in [7, 11) is -3.79. The number of nitrogens with one attached hydrogen (secondary N) is 1. The lowest BCUT2D eigenvalue weighted by atomic mass is 10.1. The molecule has 20 heavy (non-hydrogen) atoms. The first-order valence-electron chi connectivity index (χ1n) is 5.51. The van der Waals surface area contributed by atoms with Crippen molar-refractivity contribution in [3.63, 3.8) is 0 Å². The highest BCUT2D eigenvalue weighted by Crippen LogP contribution is 2.26. The van der Waals surface area contributed by atoms with Crippen LogP contribution in [0.25, 0.3) is 10.8 Å². The third-order valence-corrected chi connectivity index (χ3v) is 5.06. The van der Waals surface area contributed by atoms with E-state index in [9.17, 15) is 8.42 Å². The fourth-order valence-electron chi connectivity index (χ4n) is 1.73. The van der Waals surface area contributed by atoms with E-state index in [2.05, 4.69) is 19.9 Å². The minimum absolute atomic E-state index is 0.104. The fourth-order valence-corrected chi connectivity index (χ4v) is 3.59. The van der Waals surface area contributed by atoms with Crippen LogP contribution in [-0.2, 0) is 10.0 Å². The summed E-state index contributed by atoms with van der Waals surface area (Å²) in [6.45, 7) is 0. The molecule has 1 aromatic carbocycles. The predicted octanol–water partition coefficient (Wildman–Crippen LogP) is 1.47. The van der Waals surface area contributed by atoms with Crippen molar-refractivity contribution in [1.82, 2.24) is 15.2 Å². The van der Waals surface area contributed by atoms with Crippen LogP contribution in [0.2, 0.25) is 0 Å². The predicted molar refractivity (Wildman–Crippen MR) is 76.9 cm³/mol. The highest BCUT2D eigenvalue weighted by atomic mass is 32.2. The number of fused-ring (bicyclic) bond motifs is 1. The summed E-state index contributed by atoms with van der Waals surface area (Å²) in [5.41, 5.74) is 5.86. The van der Waals surface area contributed by atoms with Crippen molar-refractivity contribution >= 4 is 43.0 Å². The van der Waals surface area contributed by atoms with Crippen LogP contribution in [0.4, 0.5) is 10.8 Å². The quantitative estimate of drug-likeness (QED) is 0.758. The summed E-state index contributed by atoms with van der Waals surface area (Å²) in [6, 6.07) is 7.01. The second-order valence-electron chi connectivity index (χ2n) is 3.91. The number of hydrogen-bond donors (Lipinski definition) is 2. The lowest BCUT2D eigenvalue weighted by molar-refractivity contribution is 0.599. The average molecular weight is 307 g/mol. The van der Waals surface area contributed by atoms with E-state index < -0.39 is 10.0 Å². The van der Waals surface area contributed by atoms with Crippen LogP contribution in [0.5, 0.6) is 0 Å². The highest BCUT2D eigenvalue weighted by molar-refractivity contribution is 7.94. The molecule has 0 aliphatic carbocycles. The van der Waals surface area contributed by atoms with Gasteiger partial charge in [0.1, 0.15) is 0 Å². The van der Waals surface area contributed by atoms with Crippen molar-refractivity contribution in [2.75, 3.05) is 10.5 Å². The molecule has 102 valence electrons. The standard InChI is InChI=1S/C11H9N5O2S2/c12-10-14-15-11(19-10)20(17,18)16-9-3-1-2-7-6-13-5-4-8(7)9/h1-6,16H,(H2,12,14). The zero-order valence-electron chi connectivity index (χ0n) is 10.0. The Kier molecular flexibility index (Phi) is 2.99. The monoisotopic (exact) mass is 307 g/mol. The summed E-state index contributed by atoms with van der Waals surface area (Å²) in [4.78, 5) is 4.00.